The average Bonchev–Trinajstić information content (AvgIpc) is 3.04. The van der Waals surface area contributed by atoms with Gasteiger partial charge in [0, 0.05) is 11.7 Å². The van der Waals surface area contributed by atoms with Gasteiger partial charge in [-0.2, -0.15) is 0 Å². The minimum Gasteiger partial charge on any atom is -0.376 e. The molecule has 0 unspecified atom stereocenters. The number of amides is 1. The summed E-state index contributed by atoms with van der Waals surface area (Å²) >= 11 is 0. The topological polar surface area (TPSA) is 41.1 Å². The zero-order valence-electron chi connectivity index (χ0n) is 9.84. The van der Waals surface area contributed by atoms with Crippen LogP contribution >= 0.6 is 0 Å². The standard InChI is InChI=1S/C13H18N2O/c1-9-4-3-5-12(10(9)2)14-8-13(16)15-11-6-7-11/h3-5,11,14H,6-8H2,1-2H3,(H,15,16). The van der Waals surface area contributed by atoms with Gasteiger partial charge >= 0.3 is 0 Å². The second-order valence-electron chi connectivity index (χ2n) is 4.44. The number of carbonyl (C=O) groups is 1. The molecule has 2 N–H and O–H groups in total. The molecule has 86 valence electrons. The maximum atomic E-state index is 11.5. The molecule has 0 saturated heterocycles. The monoisotopic (exact) mass is 218 g/mol. The molecule has 0 spiro atoms. The molecule has 1 aromatic carbocycles. The number of anilines is 1. The van der Waals surface area contributed by atoms with E-state index in [2.05, 4.69) is 30.5 Å². The molecule has 0 aromatic heterocycles. The number of nitrogens with one attached hydrogen (secondary N) is 2. The highest BCUT2D eigenvalue weighted by Gasteiger charge is 2.22. The Labute approximate surface area is 96.2 Å². The van der Waals surface area contributed by atoms with Gasteiger partial charge in [0.05, 0.1) is 6.54 Å². The maximum absolute atomic E-state index is 11.5. The number of carbonyl (C=O) groups excluding carboxylic acids is 1. The van der Waals surface area contributed by atoms with Gasteiger partial charge in [0.25, 0.3) is 0 Å². The van der Waals surface area contributed by atoms with Gasteiger partial charge in [-0.15, -0.1) is 0 Å². The summed E-state index contributed by atoms with van der Waals surface area (Å²) in [4.78, 5) is 11.5. The molecular weight excluding hydrogens is 200 g/mol. The lowest BCUT2D eigenvalue weighted by Gasteiger charge is -2.11. The van der Waals surface area contributed by atoms with E-state index in [-0.39, 0.29) is 5.91 Å². The second kappa shape index (κ2) is 4.56. The van der Waals surface area contributed by atoms with Crippen LogP contribution in [0.3, 0.4) is 0 Å². The lowest BCUT2D eigenvalue weighted by molar-refractivity contribution is -0.119. The van der Waals surface area contributed by atoms with Crippen LogP contribution in [0.25, 0.3) is 0 Å². The van der Waals surface area contributed by atoms with E-state index in [9.17, 15) is 4.79 Å². The summed E-state index contributed by atoms with van der Waals surface area (Å²) in [5, 5.41) is 6.13. The summed E-state index contributed by atoms with van der Waals surface area (Å²) in [6.45, 7) is 4.50. The Hall–Kier alpha value is -1.51. The predicted molar refractivity (Wildman–Crippen MR) is 65.6 cm³/mol. The van der Waals surface area contributed by atoms with Gasteiger partial charge in [-0.05, 0) is 43.9 Å². The van der Waals surface area contributed by atoms with Crippen molar-refractivity contribution in [2.45, 2.75) is 32.7 Å². The SMILES string of the molecule is Cc1cccc(NCC(=O)NC2CC2)c1C. The van der Waals surface area contributed by atoms with Crippen LogP contribution in [-0.4, -0.2) is 18.5 Å². The summed E-state index contributed by atoms with van der Waals surface area (Å²) in [7, 11) is 0. The summed E-state index contributed by atoms with van der Waals surface area (Å²) in [6, 6.07) is 6.52. The van der Waals surface area contributed by atoms with Gasteiger partial charge < -0.3 is 10.6 Å². The van der Waals surface area contributed by atoms with Crippen LogP contribution < -0.4 is 10.6 Å². The van der Waals surface area contributed by atoms with Crippen LogP contribution in [0.1, 0.15) is 24.0 Å². The molecule has 1 aromatic rings. The molecule has 0 heterocycles. The van der Waals surface area contributed by atoms with Gasteiger partial charge in [-0.1, -0.05) is 12.1 Å². The lowest BCUT2D eigenvalue weighted by atomic mass is 10.1. The first kappa shape index (κ1) is 11.0. The fraction of sp³-hybridized carbons (Fsp3) is 0.462. The molecule has 2 rings (SSSR count). The summed E-state index contributed by atoms with van der Waals surface area (Å²) in [5.74, 6) is 0.0865. The highest BCUT2D eigenvalue weighted by atomic mass is 16.2. The third kappa shape index (κ3) is 2.75. The third-order valence-electron chi connectivity index (χ3n) is 2.99. The molecule has 0 atom stereocenters. The van der Waals surface area contributed by atoms with Crippen LogP contribution in [0.15, 0.2) is 18.2 Å². The predicted octanol–water partition coefficient (Wildman–Crippen LogP) is 1.99. The molecule has 1 fully saturated rings. The van der Waals surface area contributed by atoms with Crippen molar-refractivity contribution >= 4 is 11.6 Å². The first-order chi connectivity index (χ1) is 7.66. The van der Waals surface area contributed by atoms with Gasteiger partial charge in [-0.3, -0.25) is 4.79 Å². The fourth-order valence-electron chi connectivity index (χ4n) is 1.62. The molecular formula is C13H18N2O. The van der Waals surface area contributed by atoms with Crippen molar-refractivity contribution in [1.29, 1.82) is 0 Å². The Bertz CT molecular complexity index is 397. The Morgan fingerprint density at radius 2 is 2.12 bits per heavy atom. The van der Waals surface area contributed by atoms with Crippen LogP contribution in [0.5, 0.6) is 0 Å². The van der Waals surface area contributed by atoms with Crippen LogP contribution in [0.4, 0.5) is 5.69 Å². The molecule has 0 bridgehead atoms. The first-order valence-corrected chi connectivity index (χ1v) is 5.76. The van der Waals surface area contributed by atoms with Gasteiger partial charge in [0.1, 0.15) is 0 Å². The van der Waals surface area contributed by atoms with E-state index in [1.165, 1.54) is 11.1 Å². The van der Waals surface area contributed by atoms with E-state index < -0.39 is 0 Å². The highest BCUT2D eigenvalue weighted by Crippen LogP contribution is 2.19. The molecule has 1 amide bonds. The zero-order chi connectivity index (χ0) is 11.5. The Kier molecular flexibility index (Phi) is 3.13. The number of aryl methyl sites for hydroxylation is 1. The fourth-order valence-corrected chi connectivity index (χ4v) is 1.62. The number of benzene rings is 1. The van der Waals surface area contributed by atoms with E-state index >= 15 is 0 Å². The maximum Gasteiger partial charge on any atom is 0.239 e. The molecule has 1 aliphatic carbocycles. The summed E-state index contributed by atoms with van der Waals surface area (Å²) < 4.78 is 0. The van der Waals surface area contributed by atoms with Gasteiger partial charge in [-0.25, -0.2) is 0 Å². The summed E-state index contributed by atoms with van der Waals surface area (Å²) in [5.41, 5.74) is 3.50. The molecule has 0 aliphatic heterocycles. The Morgan fingerprint density at radius 3 is 2.81 bits per heavy atom. The Balaban J connectivity index is 1.88. The van der Waals surface area contributed by atoms with Gasteiger partial charge in [0.2, 0.25) is 5.91 Å². The van der Waals surface area contributed by atoms with Crippen LogP contribution in [-0.2, 0) is 4.79 Å². The summed E-state index contributed by atoms with van der Waals surface area (Å²) in [6.07, 6.45) is 2.27. The largest absolute Gasteiger partial charge is 0.376 e. The van der Waals surface area contributed by atoms with E-state index in [4.69, 9.17) is 0 Å². The molecule has 1 aliphatic rings. The first-order valence-electron chi connectivity index (χ1n) is 5.76. The van der Waals surface area contributed by atoms with Crippen LogP contribution in [0.2, 0.25) is 0 Å². The second-order valence-corrected chi connectivity index (χ2v) is 4.44. The molecule has 3 nitrogen and oxygen atoms in total. The molecule has 0 radical (unpaired) electrons. The van der Waals surface area contributed by atoms with Crippen LogP contribution in [0, 0.1) is 13.8 Å². The van der Waals surface area contributed by atoms with E-state index in [1.54, 1.807) is 0 Å². The lowest BCUT2D eigenvalue weighted by Crippen LogP contribution is -2.31. The van der Waals surface area contributed by atoms with E-state index in [0.29, 0.717) is 12.6 Å². The Morgan fingerprint density at radius 1 is 1.38 bits per heavy atom. The number of rotatable bonds is 4. The van der Waals surface area contributed by atoms with Gasteiger partial charge in [0.15, 0.2) is 0 Å². The van der Waals surface area contributed by atoms with E-state index in [1.807, 2.05) is 12.1 Å². The highest BCUT2D eigenvalue weighted by molar-refractivity contribution is 5.81. The average molecular weight is 218 g/mol. The zero-order valence-corrected chi connectivity index (χ0v) is 9.84. The van der Waals surface area contributed by atoms with Crippen molar-refractivity contribution < 1.29 is 4.79 Å². The minimum absolute atomic E-state index is 0.0865. The van der Waals surface area contributed by atoms with Crippen molar-refractivity contribution in [3.63, 3.8) is 0 Å². The molecule has 3 heteroatoms. The molecule has 1 saturated carbocycles. The number of hydrogen-bond donors (Lipinski definition) is 2. The normalized spacial score (nSPS) is 14.6. The van der Waals surface area contributed by atoms with Crippen molar-refractivity contribution in [2.24, 2.45) is 0 Å². The number of hydrogen-bond acceptors (Lipinski definition) is 2. The third-order valence-corrected chi connectivity index (χ3v) is 2.99. The quantitative estimate of drug-likeness (QED) is 0.811. The smallest absolute Gasteiger partial charge is 0.239 e. The van der Waals surface area contributed by atoms with Crippen molar-refractivity contribution in [3.05, 3.63) is 29.3 Å². The van der Waals surface area contributed by atoms with E-state index in [0.717, 1.165) is 18.5 Å². The van der Waals surface area contributed by atoms with Crippen molar-refractivity contribution in [1.82, 2.24) is 5.32 Å². The molecule has 16 heavy (non-hydrogen) atoms. The van der Waals surface area contributed by atoms with Crippen molar-refractivity contribution in [3.8, 4) is 0 Å². The van der Waals surface area contributed by atoms with Crippen molar-refractivity contribution in [2.75, 3.05) is 11.9 Å². The minimum atomic E-state index is 0.0865.